The number of nitrogens with one attached hydrogen (secondary N) is 1. The second-order valence-corrected chi connectivity index (χ2v) is 8.64. The molecule has 1 aromatic heterocycles. The van der Waals surface area contributed by atoms with Crippen LogP contribution in [0.15, 0.2) is 35.2 Å². The predicted octanol–water partition coefficient (Wildman–Crippen LogP) is 3.08. The van der Waals surface area contributed by atoms with Gasteiger partial charge < -0.3 is 5.11 Å². The smallest absolute Gasteiger partial charge is 0.372 e. The van der Waals surface area contributed by atoms with Crippen molar-refractivity contribution in [3.63, 3.8) is 0 Å². The maximum atomic E-state index is 12.3. The molecule has 0 aliphatic carbocycles. The van der Waals surface area contributed by atoms with Crippen molar-refractivity contribution in [2.45, 2.75) is 11.3 Å². The largest absolute Gasteiger partial charge is 0.475 e. The van der Waals surface area contributed by atoms with Crippen molar-refractivity contribution in [2.75, 3.05) is 4.72 Å². The Morgan fingerprint density at radius 2 is 1.84 bits per heavy atom. The van der Waals surface area contributed by atoms with E-state index in [2.05, 4.69) is 4.72 Å². The molecule has 0 amide bonds. The molecular weight excluding hydrogens is 413 g/mol. The summed E-state index contributed by atoms with van der Waals surface area (Å²) in [6.07, 6.45) is -0.822. The first-order valence-corrected chi connectivity index (χ1v) is 9.53. The minimum absolute atomic E-state index is 0.00996. The number of benzene rings is 1. The first kappa shape index (κ1) is 19.4. The highest BCUT2D eigenvalue weighted by Crippen LogP contribution is 2.35. The first-order chi connectivity index (χ1) is 11.6. The molecule has 7 nitrogen and oxygen atoms in total. The minimum atomic E-state index is -4.03. The molecule has 2 rings (SSSR count). The van der Waals surface area contributed by atoms with Crippen molar-refractivity contribution in [1.82, 2.24) is 0 Å². The molecule has 11 heteroatoms. The van der Waals surface area contributed by atoms with E-state index in [9.17, 15) is 22.8 Å². The van der Waals surface area contributed by atoms with Crippen molar-refractivity contribution in [3.05, 3.63) is 44.6 Å². The monoisotopic (exact) mass is 421 g/mol. The lowest BCUT2D eigenvalue weighted by Gasteiger charge is -2.08. The Morgan fingerprint density at radius 3 is 2.40 bits per heavy atom. The van der Waals surface area contributed by atoms with Gasteiger partial charge in [-0.1, -0.05) is 35.3 Å². The fraction of sp³-hybridized carbons (Fsp3) is 0.0714. The highest BCUT2D eigenvalue weighted by molar-refractivity contribution is 7.93. The Bertz CT molecular complexity index is 967. The Hall–Kier alpha value is -1.94. The van der Waals surface area contributed by atoms with Gasteiger partial charge in [0.2, 0.25) is 5.78 Å². The van der Waals surface area contributed by atoms with Crippen LogP contribution in [0.4, 0.5) is 5.69 Å². The lowest BCUT2D eigenvalue weighted by Crippen LogP contribution is -2.17. The van der Waals surface area contributed by atoms with E-state index in [1.807, 2.05) is 0 Å². The lowest BCUT2D eigenvalue weighted by atomic mass is 10.1. The lowest BCUT2D eigenvalue weighted by molar-refractivity contribution is -0.148. The standard InChI is InChI=1S/C14H9Cl2NO6S2/c15-12-6-11(13(16)24-12)25(22,23)17-8-3-1-2-7(4-8)9(18)5-10(19)14(20)21/h1-4,6,17H,5H2,(H,20,21). The Morgan fingerprint density at radius 1 is 1.16 bits per heavy atom. The summed E-state index contributed by atoms with van der Waals surface area (Å²) in [7, 11) is -4.03. The number of carboxylic acid groups (broad SMARTS) is 1. The summed E-state index contributed by atoms with van der Waals surface area (Å²) < 4.78 is 27.1. The third-order valence-corrected chi connectivity index (χ3v) is 6.05. The Balaban J connectivity index is 2.24. The van der Waals surface area contributed by atoms with Crippen molar-refractivity contribution >= 4 is 67.8 Å². The van der Waals surface area contributed by atoms with Crippen LogP contribution >= 0.6 is 34.5 Å². The number of anilines is 1. The van der Waals surface area contributed by atoms with E-state index in [0.29, 0.717) is 0 Å². The highest BCUT2D eigenvalue weighted by atomic mass is 35.5. The molecule has 0 fully saturated rings. The number of carbonyl (C=O) groups is 3. The molecule has 1 aromatic carbocycles. The second-order valence-electron chi connectivity index (χ2n) is 4.70. The minimum Gasteiger partial charge on any atom is -0.475 e. The molecule has 0 saturated carbocycles. The van der Waals surface area contributed by atoms with Crippen LogP contribution in [-0.4, -0.2) is 31.1 Å². The third kappa shape index (κ3) is 4.79. The molecule has 0 spiro atoms. The molecule has 2 N–H and O–H groups in total. The summed E-state index contributed by atoms with van der Waals surface area (Å²) in [5.74, 6) is -3.71. The molecule has 132 valence electrons. The summed E-state index contributed by atoms with van der Waals surface area (Å²) >= 11 is 12.5. The van der Waals surface area contributed by atoms with Gasteiger partial charge in [0.05, 0.1) is 10.8 Å². The number of aliphatic carboxylic acids is 1. The fourth-order valence-corrected chi connectivity index (χ4v) is 5.00. The van der Waals surface area contributed by atoms with Crippen molar-refractivity contribution in [2.24, 2.45) is 0 Å². The average Bonchev–Trinajstić information content (AvgIpc) is 2.86. The van der Waals surface area contributed by atoms with Gasteiger partial charge in [0.15, 0.2) is 5.78 Å². The molecule has 0 unspecified atom stereocenters. The summed E-state index contributed by atoms with van der Waals surface area (Å²) in [6, 6.07) is 6.49. The number of ketones is 2. The van der Waals surface area contributed by atoms with Gasteiger partial charge in [0, 0.05) is 11.3 Å². The number of carbonyl (C=O) groups excluding carboxylic acids is 2. The molecule has 0 radical (unpaired) electrons. The summed E-state index contributed by atoms with van der Waals surface area (Å²) in [6.45, 7) is 0. The van der Waals surface area contributed by atoms with E-state index in [1.54, 1.807) is 0 Å². The zero-order valence-electron chi connectivity index (χ0n) is 12.2. The number of rotatable bonds is 7. The average molecular weight is 422 g/mol. The van der Waals surface area contributed by atoms with Gasteiger partial charge in [-0.15, -0.1) is 11.3 Å². The molecule has 0 aliphatic heterocycles. The number of thiophene rings is 1. The number of Topliss-reactive ketones (excluding diaryl/α,β-unsaturated/α-hetero) is 2. The van der Waals surface area contributed by atoms with Gasteiger partial charge in [0.25, 0.3) is 10.0 Å². The Labute approximate surface area is 156 Å². The van der Waals surface area contributed by atoms with Crippen LogP contribution in [-0.2, 0) is 19.6 Å². The van der Waals surface area contributed by atoms with E-state index in [0.717, 1.165) is 11.3 Å². The third-order valence-electron chi connectivity index (χ3n) is 2.91. The summed E-state index contributed by atoms with van der Waals surface area (Å²) in [5.41, 5.74) is 0.0382. The highest BCUT2D eigenvalue weighted by Gasteiger charge is 2.22. The van der Waals surface area contributed by atoms with Gasteiger partial charge in [-0.3, -0.25) is 14.3 Å². The van der Waals surface area contributed by atoms with Crippen LogP contribution in [0, 0.1) is 0 Å². The van der Waals surface area contributed by atoms with Crippen molar-refractivity contribution in [1.29, 1.82) is 0 Å². The first-order valence-electron chi connectivity index (χ1n) is 6.47. The fourth-order valence-electron chi connectivity index (χ4n) is 1.80. The number of carboxylic acids is 1. The van der Waals surface area contributed by atoms with Crippen LogP contribution in [0.2, 0.25) is 8.67 Å². The van der Waals surface area contributed by atoms with E-state index >= 15 is 0 Å². The maximum Gasteiger partial charge on any atom is 0.372 e. The molecule has 25 heavy (non-hydrogen) atoms. The van der Waals surface area contributed by atoms with E-state index in [4.69, 9.17) is 28.3 Å². The van der Waals surface area contributed by atoms with Gasteiger partial charge in [-0.2, -0.15) is 0 Å². The molecule has 0 bridgehead atoms. The van der Waals surface area contributed by atoms with E-state index in [1.165, 1.54) is 30.3 Å². The van der Waals surface area contributed by atoms with E-state index in [-0.39, 0.29) is 24.8 Å². The van der Waals surface area contributed by atoms with Crippen LogP contribution in [0.25, 0.3) is 0 Å². The van der Waals surface area contributed by atoms with E-state index < -0.39 is 34.0 Å². The Kier molecular flexibility index (Phi) is 5.83. The normalized spacial score (nSPS) is 11.1. The van der Waals surface area contributed by atoms with Crippen molar-refractivity contribution < 1.29 is 27.9 Å². The van der Waals surface area contributed by atoms with Crippen molar-refractivity contribution in [3.8, 4) is 0 Å². The van der Waals surface area contributed by atoms with Crippen LogP contribution in [0.1, 0.15) is 16.8 Å². The molecule has 1 heterocycles. The topological polar surface area (TPSA) is 118 Å². The second kappa shape index (κ2) is 7.52. The molecule has 2 aromatic rings. The molecule has 0 aliphatic rings. The number of hydrogen-bond acceptors (Lipinski definition) is 6. The van der Waals surface area contributed by atoms with Crippen LogP contribution < -0.4 is 4.72 Å². The summed E-state index contributed by atoms with van der Waals surface area (Å²) in [5, 5.41) is 8.52. The molecule has 0 saturated heterocycles. The van der Waals surface area contributed by atoms with Gasteiger partial charge >= 0.3 is 5.97 Å². The van der Waals surface area contributed by atoms with Gasteiger partial charge in [0.1, 0.15) is 9.23 Å². The SMILES string of the molecule is O=C(O)C(=O)CC(=O)c1cccc(NS(=O)(=O)c2cc(Cl)sc2Cl)c1. The summed E-state index contributed by atoms with van der Waals surface area (Å²) in [4.78, 5) is 33.3. The van der Waals surface area contributed by atoms with Gasteiger partial charge in [-0.25, -0.2) is 13.2 Å². The zero-order chi connectivity index (χ0) is 18.8. The van der Waals surface area contributed by atoms with Gasteiger partial charge in [-0.05, 0) is 18.2 Å². The molecular formula is C14H9Cl2NO6S2. The zero-order valence-corrected chi connectivity index (χ0v) is 15.3. The molecule has 0 atom stereocenters. The quantitative estimate of drug-likeness (QED) is 0.402. The maximum absolute atomic E-state index is 12.3. The van der Waals surface area contributed by atoms with Crippen LogP contribution in [0.5, 0.6) is 0 Å². The number of hydrogen-bond donors (Lipinski definition) is 2. The van der Waals surface area contributed by atoms with Crippen LogP contribution in [0.3, 0.4) is 0 Å². The number of halogens is 2. The number of sulfonamides is 1. The predicted molar refractivity (Wildman–Crippen MR) is 93.2 cm³/mol.